The van der Waals surface area contributed by atoms with E-state index in [-0.39, 0.29) is 30.8 Å². The Morgan fingerprint density at radius 1 is 0.886 bits per heavy atom. The molecule has 0 unspecified atom stereocenters. The molecule has 0 atom stereocenters. The van der Waals surface area contributed by atoms with Crippen molar-refractivity contribution in [3.63, 3.8) is 0 Å². The van der Waals surface area contributed by atoms with Crippen LogP contribution in [0.25, 0.3) is 10.4 Å². The normalized spacial score (nSPS) is 13.2. The van der Waals surface area contributed by atoms with Gasteiger partial charge in [0, 0.05) is 36.6 Å². The zero-order chi connectivity index (χ0) is 24.6. The monoisotopic (exact) mass is 490 g/mol. The summed E-state index contributed by atoms with van der Waals surface area (Å²) in [4.78, 5) is 41.2. The minimum atomic E-state index is -0.372. The van der Waals surface area contributed by atoms with Crippen molar-refractivity contribution in [3.8, 4) is 10.4 Å². The number of amides is 4. The molecule has 1 saturated heterocycles. The van der Waals surface area contributed by atoms with Crippen LogP contribution < -0.4 is 16.0 Å². The molecule has 1 aliphatic heterocycles. The number of thiophene rings is 1. The average Bonchev–Trinajstić information content (AvgIpc) is 3.20. The van der Waals surface area contributed by atoms with Gasteiger partial charge in [-0.05, 0) is 49.4 Å². The van der Waals surface area contributed by atoms with Gasteiger partial charge in [0.1, 0.15) is 5.00 Å². The van der Waals surface area contributed by atoms with Crippen molar-refractivity contribution in [2.24, 2.45) is 0 Å². The Balaban J connectivity index is 1.44. The van der Waals surface area contributed by atoms with Crippen LogP contribution in [-0.4, -0.2) is 42.4 Å². The Kier molecular flexibility index (Phi) is 8.15. The zero-order valence-corrected chi connectivity index (χ0v) is 20.6. The Bertz CT molecular complexity index is 1170. The Hall–Kier alpha value is -3.65. The average molecular weight is 491 g/mol. The fraction of sp³-hybridized carbons (Fsp3) is 0.296. The Morgan fingerprint density at radius 3 is 2.23 bits per heavy atom. The van der Waals surface area contributed by atoms with Crippen LogP contribution in [0, 0.1) is 6.92 Å². The molecule has 1 fully saturated rings. The van der Waals surface area contributed by atoms with Gasteiger partial charge in [-0.15, -0.1) is 11.3 Å². The highest BCUT2D eigenvalue weighted by Crippen LogP contribution is 2.40. The number of carbonyl (C=O) groups is 3. The fourth-order valence-electron chi connectivity index (χ4n) is 4.15. The molecular weight excluding hydrogens is 460 g/mol. The van der Waals surface area contributed by atoms with Gasteiger partial charge < -0.3 is 20.9 Å². The summed E-state index contributed by atoms with van der Waals surface area (Å²) in [6.45, 7) is 3.60. The van der Waals surface area contributed by atoms with Crippen molar-refractivity contribution in [2.75, 3.05) is 30.3 Å². The second-order valence-electron chi connectivity index (χ2n) is 8.52. The third kappa shape index (κ3) is 6.27. The summed E-state index contributed by atoms with van der Waals surface area (Å²) in [5.74, 6) is -0.283. The molecule has 0 spiro atoms. The number of piperidine rings is 1. The largest absolute Gasteiger partial charge is 0.339 e. The van der Waals surface area contributed by atoms with Gasteiger partial charge in [-0.1, -0.05) is 48.5 Å². The summed E-state index contributed by atoms with van der Waals surface area (Å²) in [6, 6.07) is 18.6. The molecule has 1 aromatic heterocycles. The van der Waals surface area contributed by atoms with E-state index in [4.69, 9.17) is 0 Å². The van der Waals surface area contributed by atoms with Crippen LogP contribution >= 0.6 is 11.3 Å². The molecule has 8 heteroatoms. The van der Waals surface area contributed by atoms with E-state index < -0.39 is 0 Å². The van der Waals surface area contributed by atoms with Crippen LogP contribution in [0.4, 0.5) is 15.5 Å². The van der Waals surface area contributed by atoms with Gasteiger partial charge in [-0.2, -0.15) is 0 Å². The smallest absolute Gasteiger partial charge is 0.319 e. The predicted octanol–water partition coefficient (Wildman–Crippen LogP) is 5.50. The highest BCUT2D eigenvalue weighted by atomic mass is 32.1. The molecule has 2 heterocycles. The molecule has 2 aromatic carbocycles. The van der Waals surface area contributed by atoms with Crippen molar-refractivity contribution in [1.82, 2.24) is 10.2 Å². The number of carbonyl (C=O) groups excluding carboxylic acids is 3. The topological polar surface area (TPSA) is 90.5 Å². The van der Waals surface area contributed by atoms with Crippen LogP contribution in [0.5, 0.6) is 0 Å². The summed E-state index contributed by atoms with van der Waals surface area (Å²) in [7, 11) is 0. The van der Waals surface area contributed by atoms with Gasteiger partial charge in [-0.3, -0.25) is 9.59 Å². The number of urea groups is 1. The first-order valence-corrected chi connectivity index (χ1v) is 12.7. The van der Waals surface area contributed by atoms with Crippen molar-refractivity contribution < 1.29 is 14.4 Å². The lowest BCUT2D eigenvalue weighted by atomic mass is 10.0. The Labute approximate surface area is 209 Å². The highest BCUT2D eigenvalue weighted by molar-refractivity contribution is 7.20. The van der Waals surface area contributed by atoms with Crippen LogP contribution in [-0.2, 0) is 4.79 Å². The fourth-order valence-corrected chi connectivity index (χ4v) is 5.38. The van der Waals surface area contributed by atoms with Gasteiger partial charge >= 0.3 is 6.03 Å². The van der Waals surface area contributed by atoms with Crippen molar-refractivity contribution in [3.05, 3.63) is 71.8 Å². The van der Waals surface area contributed by atoms with Crippen molar-refractivity contribution in [1.29, 1.82) is 0 Å². The minimum Gasteiger partial charge on any atom is -0.339 e. The quantitative estimate of drug-likeness (QED) is 0.408. The van der Waals surface area contributed by atoms with Gasteiger partial charge in [0.05, 0.1) is 5.56 Å². The number of nitrogens with one attached hydrogen (secondary N) is 3. The molecular formula is C27H30N4O3S. The van der Waals surface area contributed by atoms with Gasteiger partial charge in [0.2, 0.25) is 5.91 Å². The van der Waals surface area contributed by atoms with Crippen molar-refractivity contribution >= 4 is 39.9 Å². The van der Waals surface area contributed by atoms with Gasteiger partial charge in [-0.25, -0.2) is 4.79 Å². The molecule has 4 amide bonds. The zero-order valence-electron chi connectivity index (χ0n) is 19.8. The lowest BCUT2D eigenvalue weighted by Gasteiger charge is -2.27. The van der Waals surface area contributed by atoms with E-state index in [0.717, 1.165) is 48.4 Å². The highest BCUT2D eigenvalue weighted by Gasteiger charge is 2.27. The molecule has 0 aliphatic carbocycles. The summed E-state index contributed by atoms with van der Waals surface area (Å²) in [5, 5.41) is 8.93. The molecule has 4 rings (SSSR count). The number of para-hydroxylation sites is 1. The van der Waals surface area contributed by atoms with Gasteiger partial charge in [0.25, 0.3) is 5.91 Å². The van der Waals surface area contributed by atoms with E-state index in [1.165, 1.54) is 11.3 Å². The lowest BCUT2D eigenvalue weighted by molar-refractivity contribution is -0.116. The second-order valence-corrected chi connectivity index (χ2v) is 9.54. The number of hydrogen-bond acceptors (Lipinski definition) is 4. The molecule has 0 bridgehead atoms. The van der Waals surface area contributed by atoms with Crippen molar-refractivity contribution in [2.45, 2.75) is 32.6 Å². The van der Waals surface area contributed by atoms with E-state index in [0.29, 0.717) is 16.3 Å². The van der Waals surface area contributed by atoms with Gasteiger partial charge in [0.15, 0.2) is 0 Å². The maximum Gasteiger partial charge on any atom is 0.319 e. The standard InChI is InChI=1S/C27H30N4O3S/c1-19-23(26(33)31-17-9-4-10-18-31)25(35-24(19)20-11-5-2-6-12-20)30-22(32)15-16-28-27(34)29-21-13-7-3-8-14-21/h2-3,5-8,11-14H,4,9-10,15-18H2,1H3,(H,30,32)(H2,28,29,34). The molecule has 3 aromatic rings. The number of nitrogens with zero attached hydrogens (tertiary/aromatic N) is 1. The molecule has 3 N–H and O–H groups in total. The third-order valence-electron chi connectivity index (χ3n) is 5.96. The maximum atomic E-state index is 13.5. The number of hydrogen-bond donors (Lipinski definition) is 3. The number of anilines is 2. The van der Waals surface area contributed by atoms with Crippen LogP contribution in [0.3, 0.4) is 0 Å². The maximum absolute atomic E-state index is 13.5. The summed E-state index contributed by atoms with van der Waals surface area (Å²) >= 11 is 1.42. The molecule has 35 heavy (non-hydrogen) atoms. The molecule has 7 nitrogen and oxygen atoms in total. The minimum absolute atomic E-state index is 0.0312. The molecule has 0 radical (unpaired) electrons. The SMILES string of the molecule is Cc1c(-c2ccccc2)sc(NC(=O)CCNC(=O)Nc2ccccc2)c1C(=O)N1CCCCC1. The summed E-state index contributed by atoms with van der Waals surface area (Å²) < 4.78 is 0. The first-order valence-electron chi connectivity index (χ1n) is 11.9. The molecule has 182 valence electrons. The number of likely N-dealkylation sites (tertiary alicyclic amines) is 1. The van der Waals surface area contributed by atoms with E-state index in [9.17, 15) is 14.4 Å². The second kappa shape index (κ2) is 11.7. The summed E-state index contributed by atoms with van der Waals surface area (Å²) in [5.41, 5.74) is 3.14. The number of rotatable bonds is 7. The van der Waals surface area contributed by atoms with E-state index >= 15 is 0 Å². The Morgan fingerprint density at radius 2 is 1.54 bits per heavy atom. The first-order chi connectivity index (χ1) is 17.0. The first kappa shape index (κ1) is 24.5. The molecule has 1 aliphatic rings. The van der Waals surface area contributed by atoms with Crippen LogP contribution in [0.1, 0.15) is 41.6 Å². The van der Waals surface area contributed by atoms with Crippen LogP contribution in [0.15, 0.2) is 60.7 Å². The van der Waals surface area contributed by atoms with E-state index in [1.54, 1.807) is 12.1 Å². The van der Waals surface area contributed by atoms with E-state index in [2.05, 4.69) is 16.0 Å². The predicted molar refractivity (Wildman–Crippen MR) is 141 cm³/mol. The third-order valence-corrected chi connectivity index (χ3v) is 7.22. The molecule has 0 saturated carbocycles. The lowest BCUT2D eigenvalue weighted by Crippen LogP contribution is -2.36. The number of benzene rings is 2. The summed E-state index contributed by atoms with van der Waals surface area (Å²) in [6.07, 6.45) is 3.23. The van der Waals surface area contributed by atoms with E-state index in [1.807, 2.05) is 60.4 Å². The van der Waals surface area contributed by atoms with Crippen LogP contribution in [0.2, 0.25) is 0 Å².